The van der Waals surface area contributed by atoms with Crippen molar-refractivity contribution in [2.45, 2.75) is 20.4 Å². The average molecular weight is 415 g/mol. The lowest BCUT2D eigenvalue weighted by molar-refractivity contribution is 0.251. The number of para-hydroxylation sites is 4. The molecule has 31 heavy (non-hydrogen) atoms. The van der Waals surface area contributed by atoms with Crippen molar-refractivity contribution in [2.75, 3.05) is 18.5 Å². The molecule has 0 fully saturated rings. The zero-order valence-electron chi connectivity index (χ0n) is 17.8. The fourth-order valence-corrected chi connectivity index (χ4v) is 3.52. The van der Waals surface area contributed by atoms with Crippen LogP contribution in [-0.2, 0) is 6.54 Å². The van der Waals surface area contributed by atoms with Gasteiger partial charge >= 0.3 is 6.03 Å². The normalized spacial score (nSPS) is 10.8. The van der Waals surface area contributed by atoms with Crippen LogP contribution >= 0.6 is 0 Å². The van der Waals surface area contributed by atoms with Gasteiger partial charge in [-0.3, -0.25) is 0 Å². The summed E-state index contributed by atoms with van der Waals surface area (Å²) in [5.74, 6) is 1.55. The number of ether oxygens (including phenoxy) is 1. The highest BCUT2D eigenvalue weighted by Gasteiger charge is 2.13. The second-order valence-electron chi connectivity index (χ2n) is 7.25. The van der Waals surface area contributed by atoms with Gasteiger partial charge in [0.1, 0.15) is 11.6 Å². The molecule has 0 atom stereocenters. The van der Waals surface area contributed by atoms with E-state index in [1.165, 1.54) is 5.56 Å². The minimum Gasteiger partial charge on any atom is -0.492 e. The predicted octanol–water partition coefficient (Wildman–Crippen LogP) is 5.23. The quantitative estimate of drug-likeness (QED) is 0.435. The molecule has 6 heteroatoms. The lowest BCUT2D eigenvalue weighted by Gasteiger charge is -2.13. The predicted molar refractivity (Wildman–Crippen MR) is 125 cm³/mol. The van der Waals surface area contributed by atoms with Crippen LogP contribution in [0, 0.1) is 6.92 Å². The first kappa shape index (κ1) is 20.5. The second kappa shape index (κ2) is 9.34. The van der Waals surface area contributed by atoms with Crippen LogP contribution in [0.5, 0.6) is 5.75 Å². The van der Waals surface area contributed by atoms with E-state index in [1.807, 2.05) is 49.4 Å². The Morgan fingerprint density at radius 1 is 1.00 bits per heavy atom. The Morgan fingerprint density at radius 2 is 1.74 bits per heavy atom. The van der Waals surface area contributed by atoms with Crippen molar-refractivity contribution < 1.29 is 9.53 Å². The van der Waals surface area contributed by atoms with Crippen LogP contribution in [0.3, 0.4) is 0 Å². The molecule has 1 aromatic heterocycles. The second-order valence-corrected chi connectivity index (χ2v) is 7.25. The minimum atomic E-state index is -0.270. The number of rotatable bonds is 7. The number of imidazole rings is 1. The third kappa shape index (κ3) is 4.69. The van der Waals surface area contributed by atoms with Gasteiger partial charge in [0.15, 0.2) is 0 Å². The summed E-state index contributed by atoms with van der Waals surface area (Å²) < 4.78 is 7.71. The number of hydrogen-bond acceptors (Lipinski definition) is 3. The molecule has 2 N–H and O–H groups in total. The van der Waals surface area contributed by atoms with Gasteiger partial charge in [0, 0.05) is 18.7 Å². The molecule has 0 aliphatic heterocycles. The summed E-state index contributed by atoms with van der Waals surface area (Å²) in [6.45, 7) is 5.58. The van der Waals surface area contributed by atoms with E-state index < -0.39 is 0 Å². The number of nitrogens with zero attached hydrogens (tertiary/aromatic N) is 2. The Labute approximate surface area is 181 Å². The maximum absolute atomic E-state index is 12.5. The Morgan fingerprint density at radius 3 is 2.55 bits per heavy atom. The summed E-state index contributed by atoms with van der Waals surface area (Å²) in [5, 5.41) is 5.80. The van der Waals surface area contributed by atoms with Gasteiger partial charge in [-0.2, -0.15) is 0 Å². The van der Waals surface area contributed by atoms with Crippen molar-refractivity contribution in [3.8, 4) is 17.1 Å². The highest BCUT2D eigenvalue weighted by Crippen LogP contribution is 2.25. The van der Waals surface area contributed by atoms with Gasteiger partial charge in [-0.05, 0) is 38.1 Å². The summed E-state index contributed by atoms with van der Waals surface area (Å²) in [6, 6.07) is 23.5. The van der Waals surface area contributed by atoms with E-state index in [2.05, 4.69) is 52.5 Å². The zero-order valence-corrected chi connectivity index (χ0v) is 17.8. The molecule has 1 heterocycles. The molecule has 6 nitrogen and oxygen atoms in total. The number of benzene rings is 3. The molecule has 0 saturated heterocycles. The Hall–Kier alpha value is -3.80. The van der Waals surface area contributed by atoms with E-state index in [9.17, 15) is 4.79 Å². The first-order chi connectivity index (χ1) is 15.2. The lowest BCUT2D eigenvalue weighted by atomic mass is 10.1. The van der Waals surface area contributed by atoms with Crippen molar-refractivity contribution >= 4 is 22.8 Å². The number of hydrogen-bond donors (Lipinski definition) is 2. The smallest absolute Gasteiger partial charge is 0.319 e. The van der Waals surface area contributed by atoms with Crippen LogP contribution in [0.4, 0.5) is 10.5 Å². The molecule has 0 spiro atoms. The molecule has 4 aromatic rings. The van der Waals surface area contributed by atoms with Crippen LogP contribution < -0.4 is 15.4 Å². The SMILES string of the molecule is CCOc1ccccc1NC(=O)NCCn1c(-c2ccc(C)cc2)nc2ccccc21. The standard InChI is InChI=1S/C25H26N4O2/c1-3-31-23-11-7-5-9-21(23)28-25(30)26-16-17-29-22-10-6-4-8-20(22)27-24(29)19-14-12-18(2)13-15-19/h4-15H,3,16-17H2,1-2H3,(H2,26,28,30). The van der Waals surface area contributed by atoms with E-state index in [0.717, 1.165) is 22.4 Å². The van der Waals surface area contributed by atoms with Crippen LogP contribution in [0.15, 0.2) is 72.8 Å². The van der Waals surface area contributed by atoms with Gasteiger partial charge < -0.3 is 19.9 Å². The summed E-state index contributed by atoms with van der Waals surface area (Å²) in [4.78, 5) is 17.3. The minimum absolute atomic E-state index is 0.270. The molecule has 2 amide bonds. The Balaban J connectivity index is 1.48. The van der Waals surface area contributed by atoms with Crippen LogP contribution in [0.2, 0.25) is 0 Å². The maximum atomic E-state index is 12.5. The number of fused-ring (bicyclic) bond motifs is 1. The summed E-state index contributed by atoms with van der Waals surface area (Å²) in [7, 11) is 0. The van der Waals surface area contributed by atoms with Crippen LogP contribution in [0.1, 0.15) is 12.5 Å². The van der Waals surface area contributed by atoms with Gasteiger partial charge in [0.05, 0.1) is 23.3 Å². The van der Waals surface area contributed by atoms with Crippen molar-refractivity contribution in [3.05, 3.63) is 78.4 Å². The molecule has 0 saturated carbocycles. The molecular formula is C25H26N4O2. The molecule has 0 radical (unpaired) electrons. The number of anilines is 1. The molecule has 3 aromatic carbocycles. The zero-order chi connectivity index (χ0) is 21.6. The number of carbonyl (C=O) groups excluding carboxylic acids is 1. The monoisotopic (exact) mass is 414 g/mol. The van der Waals surface area contributed by atoms with Gasteiger partial charge in [-0.1, -0.05) is 54.1 Å². The van der Waals surface area contributed by atoms with Crippen molar-refractivity contribution in [1.29, 1.82) is 0 Å². The molecule has 0 unspecified atom stereocenters. The van der Waals surface area contributed by atoms with Gasteiger partial charge in [-0.15, -0.1) is 0 Å². The van der Waals surface area contributed by atoms with Gasteiger partial charge in [0.2, 0.25) is 0 Å². The summed E-state index contributed by atoms with van der Waals surface area (Å²) in [6.07, 6.45) is 0. The molecule has 4 rings (SSSR count). The summed E-state index contributed by atoms with van der Waals surface area (Å²) in [5.41, 5.74) is 4.89. The maximum Gasteiger partial charge on any atom is 0.319 e. The number of amides is 2. The number of urea groups is 1. The number of aromatic nitrogens is 2. The Bertz CT molecular complexity index is 1180. The van der Waals surface area contributed by atoms with Gasteiger partial charge in [-0.25, -0.2) is 9.78 Å². The largest absolute Gasteiger partial charge is 0.492 e. The molecule has 158 valence electrons. The number of nitrogens with one attached hydrogen (secondary N) is 2. The third-order valence-corrected chi connectivity index (χ3v) is 5.02. The van der Waals surface area contributed by atoms with Crippen molar-refractivity contribution in [3.63, 3.8) is 0 Å². The highest BCUT2D eigenvalue weighted by atomic mass is 16.5. The first-order valence-electron chi connectivity index (χ1n) is 10.4. The average Bonchev–Trinajstić information content (AvgIpc) is 3.14. The van der Waals surface area contributed by atoms with E-state index in [-0.39, 0.29) is 6.03 Å². The van der Waals surface area contributed by atoms with Crippen molar-refractivity contribution in [1.82, 2.24) is 14.9 Å². The molecular weight excluding hydrogens is 388 g/mol. The number of aryl methyl sites for hydroxylation is 1. The first-order valence-corrected chi connectivity index (χ1v) is 10.4. The van der Waals surface area contributed by atoms with Crippen LogP contribution in [0.25, 0.3) is 22.4 Å². The van der Waals surface area contributed by atoms with Crippen molar-refractivity contribution in [2.24, 2.45) is 0 Å². The molecule has 0 aliphatic rings. The van der Waals surface area contributed by atoms with Crippen LogP contribution in [-0.4, -0.2) is 28.7 Å². The van der Waals surface area contributed by atoms with E-state index >= 15 is 0 Å². The fourth-order valence-electron chi connectivity index (χ4n) is 3.52. The number of carbonyl (C=O) groups is 1. The summed E-state index contributed by atoms with van der Waals surface area (Å²) >= 11 is 0. The van der Waals surface area contributed by atoms with Gasteiger partial charge in [0.25, 0.3) is 0 Å². The van der Waals surface area contributed by atoms with E-state index in [0.29, 0.717) is 31.1 Å². The topological polar surface area (TPSA) is 68.2 Å². The highest BCUT2D eigenvalue weighted by molar-refractivity contribution is 5.90. The third-order valence-electron chi connectivity index (χ3n) is 5.02. The Kier molecular flexibility index (Phi) is 6.17. The molecule has 0 bridgehead atoms. The lowest BCUT2D eigenvalue weighted by Crippen LogP contribution is -2.31. The fraction of sp³-hybridized carbons (Fsp3) is 0.200. The molecule has 0 aliphatic carbocycles. The van der Waals surface area contributed by atoms with E-state index in [1.54, 1.807) is 0 Å². The van der Waals surface area contributed by atoms with E-state index in [4.69, 9.17) is 9.72 Å².